The topological polar surface area (TPSA) is 123 Å². The number of benzene rings is 4. The molecule has 10 heteroatoms. The van der Waals surface area contributed by atoms with Gasteiger partial charge >= 0.3 is 5.97 Å². The highest BCUT2D eigenvalue weighted by molar-refractivity contribution is 7.92. The Morgan fingerprint density at radius 2 is 1.37 bits per heavy atom. The van der Waals surface area contributed by atoms with E-state index in [2.05, 4.69) is 15.2 Å². The van der Waals surface area contributed by atoms with Crippen molar-refractivity contribution in [2.45, 2.75) is 4.90 Å². The summed E-state index contributed by atoms with van der Waals surface area (Å²) in [5.41, 5.74) is 4.09. The number of esters is 1. The third-order valence-corrected chi connectivity index (χ3v) is 6.65. The second-order valence-corrected chi connectivity index (χ2v) is 9.56. The maximum Gasteiger partial charge on any atom is 0.343 e. The highest BCUT2D eigenvalue weighted by atomic mass is 32.2. The first kappa shape index (κ1) is 26.1. The predicted molar refractivity (Wildman–Crippen MR) is 143 cm³/mol. The first-order chi connectivity index (χ1) is 18.3. The van der Waals surface area contributed by atoms with Gasteiger partial charge in [-0.1, -0.05) is 18.2 Å². The summed E-state index contributed by atoms with van der Waals surface area (Å²) in [6.45, 7) is 0. The van der Waals surface area contributed by atoms with Crippen molar-refractivity contribution in [3.05, 3.63) is 120 Å². The molecule has 0 aliphatic rings. The van der Waals surface area contributed by atoms with Gasteiger partial charge in [0.25, 0.3) is 15.9 Å². The number of hydrazone groups is 1. The maximum atomic E-state index is 12.4. The number of carbonyl (C=O) groups is 2. The van der Waals surface area contributed by atoms with Crippen LogP contribution in [0.2, 0.25) is 0 Å². The standard InChI is InChI=1S/C28H23N3O6S/c1-36-24-17-11-22(12-18-24)28(33)37-25-15-7-20(8-16-25)19-29-30-27(32)21-9-13-23(14-10-21)31-38(34,35)26-5-3-2-4-6-26/h2-19,31H,1H3,(H,30,32). The molecule has 0 aliphatic heterocycles. The summed E-state index contributed by atoms with van der Waals surface area (Å²) in [4.78, 5) is 24.8. The molecule has 0 aromatic heterocycles. The molecular weight excluding hydrogens is 506 g/mol. The lowest BCUT2D eigenvalue weighted by Crippen LogP contribution is -2.18. The van der Waals surface area contributed by atoms with Gasteiger partial charge in [0.2, 0.25) is 0 Å². The van der Waals surface area contributed by atoms with Gasteiger partial charge in [-0.05, 0) is 90.5 Å². The van der Waals surface area contributed by atoms with Crippen molar-refractivity contribution in [3.8, 4) is 11.5 Å². The van der Waals surface area contributed by atoms with Crippen LogP contribution in [-0.4, -0.2) is 33.6 Å². The van der Waals surface area contributed by atoms with Gasteiger partial charge in [-0.2, -0.15) is 5.10 Å². The van der Waals surface area contributed by atoms with Gasteiger partial charge in [-0.15, -0.1) is 0 Å². The number of methoxy groups -OCH3 is 1. The van der Waals surface area contributed by atoms with Crippen LogP contribution in [0.1, 0.15) is 26.3 Å². The summed E-state index contributed by atoms with van der Waals surface area (Å²) in [5.74, 6) is 0.0274. The molecule has 0 spiro atoms. The molecule has 38 heavy (non-hydrogen) atoms. The Bertz CT molecular complexity index is 1540. The summed E-state index contributed by atoms with van der Waals surface area (Å²) < 4.78 is 37.7. The molecule has 4 aromatic rings. The lowest BCUT2D eigenvalue weighted by atomic mass is 10.2. The Labute approximate surface area is 219 Å². The number of nitrogens with one attached hydrogen (secondary N) is 2. The summed E-state index contributed by atoms with van der Waals surface area (Å²) in [7, 11) is -2.18. The van der Waals surface area contributed by atoms with Gasteiger partial charge in [0, 0.05) is 11.3 Å². The number of hydrogen-bond donors (Lipinski definition) is 2. The molecule has 0 heterocycles. The van der Waals surface area contributed by atoms with E-state index in [0.717, 1.165) is 0 Å². The summed E-state index contributed by atoms with van der Waals surface area (Å²) in [6.07, 6.45) is 1.44. The van der Waals surface area contributed by atoms with Crippen molar-refractivity contribution in [2.24, 2.45) is 5.10 Å². The highest BCUT2D eigenvalue weighted by Crippen LogP contribution is 2.18. The van der Waals surface area contributed by atoms with Gasteiger partial charge < -0.3 is 9.47 Å². The van der Waals surface area contributed by atoms with Gasteiger partial charge in [-0.25, -0.2) is 18.6 Å². The summed E-state index contributed by atoms with van der Waals surface area (Å²) in [5, 5.41) is 3.94. The van der Waals surface area contributed by atoms with Crippen LogP contribution in [0.3, 0.4) is 0 Å². The molecule has 0 aliphatic carbocycles. The van der Waals surface area contributed by atoms with E-state index in [4.69, 9.17) is 9.47 Å². The fourth-order valence-corrected chi connectivity index (χ4v) is 4.33. The van der Waals surface area contributed by atoms with Crippen LogP contribution in [0.5, 0.6) is 11.5 Å². The molecule has 0 radical (unpaired) electrons. The van der Waals surface area contributed by atoms with E-state index in [-0.39, 0.29) is 4.90 Å². The molecule has 2 N–H and O–H groups in total. The van der Waals surface area contributed by atoms with Crippen molar-refractivity contribution < 1.29 is 27.5 Å². The zero-order valence-electron chi connectivity index (χ0n) is 20.2. The Morgan fingerprint density at radius 1 is 0.763 bits per heavy atom. The third-order valence-electron chi connectivity index (χ3n) is 5.25. The monoisotopic (exact) mass is 529 g/mol. The molecule has 0 atom stereocenters. The first-order valence-electron chi connectivity index (χ1n) is 11.3. The van der Waals surface area contributed by atoms with Crippen LogP contribution in [0, 0.1) is 0 Å². The van der Waals surface area contributed by atoms with Gasteiger partial charge in [-0.3, -0.25) is 9.52 Å². The number of carbonyl (C=O) groups excluding carboxylic acids is 2. The van der Waals surface area contributed by atoms with Crippen LogP contribution >= 0.6 is 0 Å². The fraction of sp³-hybridized carbons (Fsp3) is 0.0357. The molecular formula is C28H23N3O6S. The fourth-order valence-electron chi connectivity index (χ4n) is 3.25. The van der Waals surface area contributed by atoms with Crippen molar-refractivity contribution in [1.29, 1.82) is 0 Å². The van der Waals surface area contributed by atoms with Crippen LogP contribution in [-0.2, 0) is 10.0 Å². The summed E-state index contributed by atoms with van der Waals surface area (Å²) in [6, 6.07) is 27.1. The number of sulfonamides is 1. The molecule has 0 saturated heterocycles. The highest BCUT2D eigenvalue weighted by Gasteiger charge is 2.14. The maximum absolute atomic E-state index is 12.4. The Kier molecular flexibility index (Phi) is 8.14. The molecule has 0 saturated carbocycles. The Morgan fingerprint density at radius 3 is 2.00 bits per heavy atom. The largest absolute Gasteiger partial charge is 0.497 e. The normalized spacial score (nSPS) is 11.1. The van der Waals surface area contributed by atoms with Crippen molar-refractivity contribution in [2.75, 3.05) is 11.8 Å². The minimum Gasteiger partial charge on any atom is -0.497 e. The first-order valence-corrected chi connectivity index (χ1v) is 12.8. The number of amides is 1. The zero-order valence-corrected chi connectivity index (χ0v) is 21.0. The second kappa shape index (κ2) is 11.8. The van der Waals surface area contributed by atoms with E-state index < -0.39 is 21.9 Å². The van der Waals surface area contributed by atoms with Crippen LogP contribution < -0.4 is 19.6 Å². The molecule has 4 aromatic carbocycles. The second-order valence-electron chi connectivity index (χ2n) is 7.88. The predicted octanol–water partition coefficient (Wildman–Crippen LogP) is 4.48. The Balaban J connectivity index is 1.29. The molecule has 1 amide bonds. The lowest BCUT2D eigenvalue weighted by Gasteiger charge is -2.08. The number of nitrogens with zero attached hydrogens (tertiary/aromatic N) is 1. The molecule has 0 bridgehead atoms. The van der Waals surface area contributed by atoms with Gasteiger partial charge in [0.05, 0.1) is 23.8 Å². The zero-order chi connectivity index (χ0) is 27.0. The number of rotatable bonds is 9. The minimum atomic E-state index is -3.72. The molecule has 4 rings (SSSR count). The number of ether oxygens (including phenoxy) is 2. The minimum absolute atomic E-state index is 0.139. The SMILES string of the molecule is COc1ccc(C(=O)Oc2ccc(C=NNC(=O)c3ccc(NS(=O)(=O)c4ccccc4)cc3)cc2)cc1. The third kappa shape index (κ3) is 6.83. The van der Waals surface area contributed by atoms with Crippen molar-refractivity contribution in [3.63, 3.8) is 0 Å². The van der Waals surface area contributed by atoms with Crippen molar-refractivity contribution >= 4 is 33.8 Å². The van der Waals surface area contributed by atoms with Crippen LogP contribution in [0.15, 0.2) is 113 Å². The van der Waals surface area contributed by atoms with E-state index in [9.17, 15) is 18.0 Å². The molecule has 0 fully saturated rings. The Hall–Kier alpha value is -4.96. The molecule has 9 nitrogen and oxygen atoms in total. The number of hydrogen-bond acceptors (Lipinski definition) is 7. The number of anilines is 1. The smallest absolute Gasteiger partial charge is 0.343 e. The summed E-state index contributed by atoms with van der Waals surface area (Å²) >= 11 is 0. The van der Waals surface area contributed by atoms with E-state index in [0.29, 0.717) is 33.9 Å². The quantitative estimate of drug-likeness (QED) is 0.143. The molecule has 192 valence electrons. The van der Waals surface area contributed by atoms with Gasteiger partial charge in [0.15, 0.2) is 0 Å². The van der Waals surface area contributed by atoms with Crippen molar-refractivity contribution in [1.82, 2.24) is 5.43 Å². The van der Waals surface area contributed by atoms with Crippen LogP contribution in [0.4, 0.5) is 5.69 Å². The van der Waals surface area contributed by atoms with Crippen LogP contribution in [0.25, 0.3) is 0 Å². The van der Waals surface area contributed by atoms with Gasteiger partial charge in [0.1, 0.15) is 11.5 Å². The van der Waals surface area contributed by atoms with E-state index in [1.165, 1.54) is 42.6 Å². The molecule has 0 unspecified atom stereocenters. The van der Waals surface area contributed by atoms with E-state index >= 15 is 0 Å². The van der Waals surface area contributed by atoms with E-state index in [1.807, 2.05) is 0 Å². The van der Waals surface area contributed by atoms with E-state index in [1.54, 1.807) is 73.8 Å². The lowest BCUT2D eigenvalue weighted by molar-refractivity contribution is 0.0734. The average Bonchev–Trinajstić information content (AvgIpc) is 2.94. The average molecular weight is 530 g/mol.